The van der Waals surface area contributed by atoms with E-state index in [4.69, 9.17) is 9.79 Å². The molecule has 0 aromatic carbocycles. The zero-order valence-corrected chi connectivity index (χ0v) is 19.6. The molecule has 164 valence electrons. The van der Waals surface area contributed by atoms with Crippen molar-refractivity contribution >= 4 is 15.6 Å². The minimum atomic E-state index is -5.10. The maximum absolute atomic E-state index is 11.5. The van der Waals surface area contributed by atoms with Gasteiger partial charge in [-0.3, -0.25) is 4.52 Å². The van der Waals surface area contributed by atoms with Crippen molar-refractivity contribution in [3.8, 4) is 0 Å². The first-order chi connectivity index (χ1) is 12.6. The molecule has 0 fully saturated rings. The molecule has 0 aliphatic heterocycles. The van der Waals surface area contributed by atoms with Crippen LogP contribution in [-0.4, -0.2) is 21.3 Å². The topological polar surface area (TPSA) is 113 Å². The molecule has 0 heterocycles. The Balaban J connectivity index is 4.82. The molecular formula is C19H36O7P2. The predicted molar refractivity (Wildman–Crippen MR) is 113 cm³/mol. The molecule has 28 heavy (non-hydrogen) atoms. The van der Waals surface area contributed by atoms with Crippen LogP contribution in [0.1, 0.15) is 73.6 Å². The number of phosphoric acid groups is 2. The molecule has 0 aromatic rings. The third kappa shape index (κ3) is 17.6. The molecule has 9 heteroatoms. The van der Waals surface area contributed by atoms with Crippen molar-refractivity contribution in [2.24, 2.45) is 5.41 Å². The standard InChI is InChI=1S/C19H36O7P2/c1-16(2)9-7-10-17(3)11-8-12-18(15-19(4,5)6)13-14-25-28(23,24)26-27(20,21)22/h9,11,13H,7-8,10,12,14-15H2,1-6H3,(H,23,24)(H2,20,21,22)/b17-11+,18-13-. The minimum absolute atomic E-state index is 0.0271. The van der Waals surface area contributed by atoms with Crippen molar-refractivity contribution in [1.29, 1.82) is 0 Å². The number of rotatable bonds is 12. The smallest absolute Gasteiger partial charge is 0.302 e. The fourth-order valence-corrected chi connectivity index (χ4v) is 4.07. The fourth-order valence-electron chi connectivity index (χ4n) is 2.55. The molecule has 3 N–H and O–H groups in total. The highest BCUT2D eigenvalue weighted by atomic mass is 31.3. The first kappa shape index (κ1) is 27.5. The quantitative estimate of drug-likeness (QED) is 0.251. The summed E-state index contributed by atoms with van der Waals surface area (Å²) in [6, 6.07) is 0. The zero-order valence-electron chi connectivity index (χ0n) is 17.8. The Labute approximate surface area is 169 Å². The molecule has 7 nitrogen and oxygen atoms in total. The van der Waals surface area contributed by atoms with E-state index in [9.17, 15) is 14.0 Å². The van der Waals surface area contributed by atoms with Crippen molar-refractivity contribution < 1.29 is 32.6 Å². The average molecular weight is 438 g/mol. The van der Waals surface area contributed by atoms with Crippen molar-refractivity contribution in [2.45, 2.75) is 73.6 Å². The fraction of sp³-hybridized carbons (Fsp3) is 0.684. The number of hydrogen-bond acceptors (Lipinski definition) is 4. The molecule has 0 spiro atoms. The van der Waals surface area contributed by atoms with Crippen LogP contribution in [0.3, 0.4) is 0 Å². The van der Waals surface area contributed by atoms with Gasteiger partial charge in [-0.2, -0.15) is 4.31 Å². The second-order valence-corrected chi connectivity index (χ2v) is 11.2. The Morgan fingerprint density at radius 2 is 1.50 bits per heavy atom. The molecule has 0 saturated heterocycles. The molecule has 0 aliphatic carbocycles. The van der Waals surface area contributed by atoms with E-state index in [0.29, 0.717) is 0 Å². The molecule has 0 aliphatic rings. The lowest BCUT2D eigenvalue weighted by Gasteiger charge is -2.20. The van der Waals surface area contributed by atoms with Crippen LogP contribution in [0.2, 0.25) is 0 Å². The summed E-state index contributed by atoms with van der Waals surface area (Å²) in [5.74, 6) is 0. The zero-order chi connectivity index (χ0) is 22.0. The first-order valence-electron chi connectivity index (χ1n) is 9.31. The van der Waals surface area contributed by atoms with Crippen molar-refractivity contribution in [1.82, 2.24) is 0 Å². The van der Waals surface area contributed by atoms with Crippen molar-refractivity contribution in [3.63, 3.8) is 0 Å². The summed E-state index contributed by atoms with van der Waals surface area (Å²) in [6.45, 7) is 12.3. The van der Waals surface area contributed by atoms with Gasteiger partial charge in [0.25, 0.3) is 0 Å². The van der Waals surface area contributed by atoms with E-state index in [1.165, 1.54) is 11.1 Å². The number of hydrogen-bond donors (Lipinski definition) is 3. The average Bonchev–Trinajstić information content (AvgIpc) is 2.41. The molecule has 0 bridgehead atoms. The molecule has 1 unspecified atom stereocenters. The number of allylic oxidation sites excluding steroid dienone is 5. The highest BCUT2D eigenvalue weighted by Gasteiger charge is 2.31. The SMILES string of the molecule is CC(C)=CCC/C(C)=C/CC/C(=C/COP(=O)(O)OP(=O)(O)O)CC(C)(C)C. The van der Waals surface area contributed by atoms with E-state index in [-0.39, 0.29) is 12.0 Å². The Morgan fingerprint density at radius 1 is 0.929 bits per heavy atom. The van der Waals surface area contributed by atoms with E-state index >= 15 is 0 Å². The molecule has 0 amide bonds. The minimum Gasteiger partial charge on any atom is -0.302 e. The molecule has 0 saturated carbocycles. The van der Waals surface area contributed by atoms with Gasteiger partial charge in [0.05, 0.1) is 6.61 Å². The lowest BCUT2D eigenvalue weighted by molar-refractivity contribution is 0.191. The molecular weight excluding hydrogens is 402 g/mol. The summed E-state index contributed by atoms with van der Waals surface area (Å²) in [5, 5.41) is 0. The second-order valence-electron chi connectivity index (χ2n) is 8.35. The Morgan fingerprint density at radius 3 is 2.00 bits per heavy atom. The summed E-state index contributed by atoms with van der Waals surface area (Å²) in [4.78, 5) is 26.6. The monoisotopic (exact) mass is 438 g/mol. The maximum atomic E-state index is 11.5. The van der Waals surface area contributed by atoms with E-state index in [2.05, 4.69) is 62.5 Å². The van der Waals surface area contributed by atoms with E-state index in [1.54, 1.807) is 6.08 Å². The van der Waals surface area contributed by atoms with Crippen LogP contribution in [0.4, 0.5) is 0 Å². The Bertz CT molecular complexity index is 662. The van der Waals surface area contributed by atoms with Gasteiger partial charge in [0.15, 0.2) is 0 Å². The third-order valence-electron chi connectivity index (χ3n) is 3.63. The molecule has 1 atom stereocenters. The normalized spacial score (nSPS) is 16.0. The van der Waals surface area contributed by atoms with Crippen molar-refractivity contribution in [3.05, 3.63) is 34.9 Å². The highest BCUT2D eigenvalue weighted by molar-refractivity contribution is 7.60. The molecule has 0 aromatic heterocycles. The van der Waals surface area contributed by atoms with Crippen LogP contribution >= 0.6 is 15.6 Å². The van der Waals surface area contributed by atoms with Crippen LogP contribution in [0.25, 0.3) is 0 Å². The van der Waals surface area contributed by atoms with Crippen LogP contribution < -0.4 is 0 Å². The van der Waals surface area contributed by atoms with Gasteiger partial charge >= 0.3 is 15.6 Å². The second kappa shape index (κ2) is 12.2. The van der Waals surface area contributed by atoms with Gasteiger partial charge in [-0.1, -0.05) is 55.7 Å². The maximum Gasteiger partial charge on any atom is 0.481 e. The summed E-state index contributed by atoms with van der Waals surface area (Å²) < 4.78 is 30.6. The van der Waals surface area contributed by atoms with Crippen LogP contribution in [0, 0.1) is 5.41 Å². The summed E-state index contributed by atoms with van der Waals surface area (Å²) in [7, 11) is -9.91. The molecule has 0 rings (SSSR count). The summed E-state index contributed by atoms with van der Waals surface area (Å²) in [6.07, 6.45) is 10.5. The van der Waals surface area contributed by atoms with Gasteiger partial charge in [-0.15, -0.1) is 0 Å². The highest BCUT2D eigenvalue weighted by Crippen LogP contribution is 2.57. The van der Waals surface area contributed by atoms with Gasteiger partial charge in [0, 0.05) is 0 Å². The summed E-state index contributed by atoms with van der Waals surface area (Å²) in [5.41, 5.74) is 3.71. The van der Waals surface area contributed by atoms with Crippen LogP contribution in [0.15, 0.2) is 34.9 Å². The Hall–Kier alpha value is -0.520. The first-order valence-corrected chi connectivity index (χ1v) is 12.3. The summed E-state index contributed by atoms with van der Waals surface area (Å²) >= 11 is 0. The van der Waals surface area contributed by atoms with Gasteiger partial charge in [-0.05, 0) is 58.3 Å². The largest absolute Gasteiger partial charge is 0.481 e. The number of phosphoric ester groups is 1. The van der Waals surface area contributed by atoms with Gasteiger partial charge in [0.2, 0.25) is 0 Å². The lowest BCUT2D eigenvalue weighted by Crippen LogP contribution is -2.07. The van der Waals surface area contributed by atoms with Crippen LogP contribution in [-0.2, 0) is 18.0 Å². The van der Waals surface area contributed by atoms with E-state index < -0.39 is 15.6 Å². The lowest BCUT2D eigenvalue weighted by atomic mass is 9.86. The van der Waals surface area contributed by atoms with Crippen molar-refractivity contribution in [2.75, 3.05) is 6.61 Å². The predicted octanol–water partition coefficient (Wildman–Crippen LogP) is 6.05. The van der Waals surface area contributed by atoms with Gasteiger partial charge < -0.3 is 14.7 Å². The third-order valence-corrected chi connectivity index (χ3v) is 5.78. The Kier molecular flexibility index (Phi) is 12.0. The van der Waals surface area contributed by atoms with Gasteiger partial charge in [-0.25, -0.2) is 9.13 Å². The van der Waals surface area contributed by atoms with E-state index in [1.807, 2.05) is 0 Å². The molecule has 0 radical (unpaired) electrons. The van der Waals surface area contributed by atoms with Gasteiger partial charge in [0.1, 0.15) is 0 Å². The van der Waals surface area contributed by atoms with E-state index in [0.717, 1.165) is 37.7 Å². The van der Waals surface area contributed by atoms with Crippen LogP contribution in [0.5, 0.6) is 0 Å².